The van der Waals surface area contributed by atoms with Crippen molar-refractivity contribution < 1.29 is 22.1 Å². The Morgan fingerprint density at radius 2 is 2.00 bits per heavy atom. The van der Waals surface area contributed by atoms with Crippen molar-refractivity contribution in [1.29, 1.82) is 0 Å². The molecule has 26 heavy (non-hydrogen) atoms. The summed E-state index contributed by atoms with van der Waals surface area (Å²) in [5.41, 5.74) is 2.58. The smallest absolute Gasteiger partial charge is 0.382 e. The second kappa shape index (κ2) is 7.47. The molecule has 2 aromatic carbocycles. The standard InChI is InChI=1S/C19H21NO5S/c1-3-6-13-7-4-5-8-15(13)19-12-17(21)16-10-9-14(11-18(16)24-19)25-26(22,23)20-2/h4-5,7-11,19-20H,3,6,12H2,1-2H3. The Kier molecular flexibility index (Phi) is 5.29. The topological polar surface area (TPSA) is 81.7 Å². The van der Waals surface area contributed by atoms with Crippen LogP contribution in [0.1, 0.15) is 47.4 Å². The summed E-state index contributed by atoms with van der Waals surface area (Å²) in [6.07, 6.45) is 1.76. The van der Waals surface area contributed by atoms with Gasteiger partial charge in [-0.1, -0.05) is 37.6 Å². The van der Waals surface area contributed by atoms with Gasteiger partial charge in [-0.3, -0.25) is 4.79 Å². The van der Waals surface area contributed by atoms with Crippen molar-refractivity contribution in [3.05, 3.63) is 59.2 Å². The SMILES string of the molecule is CCCc1ccccc1C1CC(=O)c2ccc(OS(=O)(=O)NC)cc2O1. The van der Waals surface area contributed by atoms with Crippen LogP contribution in [-0.2, 0) is 16.7 Å². The Morgan fingerprint density at radius 3 is 2.73 bits per heavy atom. The average Bonchev–Trinajstić information content (AvgIpc) is 2.62. The van der Waals surface area contributed by atoms with E-state index in [1.165, 1.54) is 25.2 Å². The highest BCUT2D eigenvalue weighted by Gasteiger charge is 2.29. The van der Waals surface area contributed by atoms with Gasteiger partial charge in [-0.25, -0.2) is 0 Å². The summed E-state index contributed by atoms with van der Waals surface area (Å²) in [6.45, 7) is 2.10. The molecular formula is C19H21NO5S. The molecule has 0 aromatic heterocycles. The summed E-state index contributed by atoms with van der Waals surface area (Å²) in [7, 11) is -2.62. The molecule has 0 fully saturated rings. The zero-order chi connectivity index (χ0) is 18.7. The summed E-state index contributed by atoms with van der Waals surface area (Å²) >= 11 is 0. The quantitative estimate of drug-likeness (QED) is 0.838. The van der Waals surface area contributed by atoms with Gasteiger partial charge in [-0.05, 0) is 29.7 Å². The van der Waals surface area contributed by atoms with E-state index >= 15 is 0 Å². The van der Waals surface area contributed by atoms with Crippen molar-refractivity contribution in [2.45, 2.75) is 32.3 Å². The lowest BCUT2D eigenvalue weighted by Crippen LogP contribution is -2.25. The Labute approximate surface area is 153 Å². The molecule has 6 nitrogen and oxygen atoms in total. The summed E-state index contributed by atoms with van der Waals surface area (Å²) in [5, 5.41) is 0. The van der Waals surface area contributed by atoms with Gasteiger partial charge in [0.05, 0.1) is 12.0 Å². The minimum absolute atomic E-state index is 0.0365. The fraction of sp³-hybridized carbons (Fsp3) is 0.316. The van der Waals surface area contributed by atoms with Crippen molar-refractivity contribution in [3.8, 4) is 11.5 Å². The second-order valence-corrected chi connectivity index (χ2v) is 7.57. The van der Waals surface area contributed by atoms with Crippen LogP contribution >= 0.6 is 0 Å². The van der Waals surface area contributed by atoms with Gasteiger partial charge >= 0.3 is 10.3 Å². The fourth-order valence-electron chi connectivity index (χ4n) is 3.04. The van der Waals surface area contributed by atoms with E-state index in [0.29, 0.717) is 11.3 Å². The maximum Gasteiger partial charge on any atom is 0.382 e. The largest absolute Gasteiger partial charge is 0.484 e. The van der Waals surface area contributed by atoms with E-state index in [0.717, 1.165) is 24.0 Å². The molecule has 0 bridgehead atoms. The van der Waals surface area contributed by atoms with Crippen molar-refractivity contribution in [2.75, 3.05) is 7.05 Å². The molecule has 0 saturated heterocycles. The van der Waals surface area contributed by atoms with Crippen molar-refractivity contribution in [2.24, 2.45) is 0 Å². The number of carbonyl (C=O) groups is 1. The second-order valence-electron chi connectivity index (χ2n) is 6.08. The van der Waals surface area contributed by atoms with Crippen molar-refractivity contribution >= 4 is 16.1 Å². The van der Waals surface area contributed by atoms with E-state index in [-0.39, 0.29) is 18.0 Å². The van der Waals surface area contributed by atoms with Gasteiger partial charge in [-0.15, -0.1) is 0 Å². The number of fused-ring (bicyclic) bond motifs is 1. The number of rotatable bonds is 6. The molecule has 1 heterocycles. The highest BCUT2D eigenvalue weighted by molar-refractivity contribution is 7.85. The molecule has 138 valence electrons. The lowest BCUT2D eigenvalue weighted by molar-refractivity contribution is 0.0849. The van der Waals surface area contributed by atoms with Gasteiger partial charge in [0.2, 0.25) is 0 Å². The summed E-state index contributed by atoms with van der Waals surface area (Å²) in [6, 6.07) is 12.3. The van der Waals surface area contributed by atoms with Crippen LogP contribution in [0.2, 0.25) is 0 Å². The molecular weight excluding hydrogens is 354 g/mol. The van der Waals surface area contributed by atoms with Crippen LogP contribution in [0.3, 0.4) is 0 Å². The van der Waals surface area contributed by atoms with Crippen LogP contribution in [0.25, 0.3) is 0 Å². The van der Waals surface area contributed by atoms with Gasteiger partial charge in [0, 0.05) is 13.1 Å². The van der Waals surface area contributed by atoms with E-state index in [1.807, 2.05) is 24.3 Å². The molecule has 1 N–H and O–H groups in total. The molecule has 7 heteroatoms. The van der Waals surface area contributed by atoms with Crippen molar-refractivity contribution in [1.82, 2.24) is 4.72 Å². The predicted molar refractivity (Wildman–Crippen MR) is 97.8 cm³/mol. The molecule has 3 rings (SSSR count). The first-order valence-electron chi connectivity index (χ1n) is 8.48. The van der Waals surface area contributed by atoms with Gasteiger partial charge in [0.25, 0.3) is 0 Å². The Morgan fingerprint density at radius 1 is 1.23 bits per heavy atom. The van der Waals surface area contributed by atoms with E-state index in [9.17, 15) is 13.2 Å². The molecule has 0 aliphatic carbocycles. The number of ether oxygens (including phenoxy) is 1. The van der Waals surface area contributed by atoms with Crippen LogP contribution in [0.5, 0.6) is 11.5 Å². The molecule has 0 saturated carbocycles. The molecule has 1 aliphatic heterocycles. The van der Waals surface area contributed by atoms with Crippen LogP contribution in [0.4, 0.5) is 0 Å². The summed E-state index contributed by atoms with van der Waals surface area (Å²) < 4.78 is 36.2. The lowest BCUT2D eigenvalue weighted by Gasteiger charge is -2.27. The first-order chi connectivity index (χ1) is 12.4. The molecule has 0 amide bonds. The number of hydrogen-bond donors (Lipinski definition) is 1. The van der Waals surface area contributed by atoms with Gasteiger partial charge in [-0.2, -0.15) is 13.1 Å². The third-order valence-electron chi connectivity index (χ3n) is 4.27. The monoisotopic (exact) mass is 375 g/mol. The first-order valence-corrected chi connectivity index (χ1v) is 9.89. The maximum absolute atomic E-state index is 12.5. The number of nitrogens with one attached hydrogen (secondary N) is 1. The number of ketones is 1. The van der Waals surface area contributed by atoms with Gasteiger partial charge in [0.1, 0.15) is 17.6 Å². The molecule has 1 unspecified atom stereocenters. The highest BCUT2D eigenvalue weighted by Crippen LogP contribution is 2.38. The summed E-state index contributed by atoms with van der Waals surface area (Å²) in [4.78, 5) is 12.5. The molecule has 1 atom stereocenters. The number of hydrogen-bond acceptors (Lipinski definition) is 5. The number of Topliss-reactive ketones (excluding diaryl/α,β-unsaturated/α-hetero) is 1. The fourth-order valence-corrected chi connectivity index (χ4v) is 3.48. The minimum atomic E-state index is -3.88. The molecule has 1 aliphatic rings. The Hall–Kier alpha value is -2.38. The third-order valence-corrected chi connectivity index (χ3v) is 5.18. The number of benzene rings is 2. The van der Waals surface area contributed by atoms with Crippen LogP contribution in [0, 0.1) is 0 Å². The van der Waals surface area contributed by atoms with Crippen LogP contribution < -0.4 is 13.6 Å². The third kappa shape index (κ3) is 3.89. The highest BCUT2D eigenvalue weighted by atomic mass is 32.2. The van der Waals surface area contributed by atoms with Crippen LogP contribution in [-0.4, -0.2) is 21.2 Å². The van der Waals surface area contributed by atoms with E-state index in [1.54, 1.807) is 0 Å². The molecule has 0 radical (unpaired) electrons. The lowest BCUT2D eigenvalue weighted by atomic mass is 9.92. The van der Waals surface area contributed by atoms with E-state index < -0.39 is 16.4 Å². The Bertz CT molecular complexity index is 923. The number of aryl methyl sites for hydroxylation is 1. The predicted octanol–water partition coefficient (Wildman–Crippen LogP) is 3.19. The number of carbonyl (C=O) groups excluding carboxylic acids is 1. The Balaban J connectivity index is 1.93. The minimum Gasteiger partial charge on any atom is -0.484 e. The maximum atomic E-state index is 12.5. The molecule has 2 aromatic rings. The zero-order valence-corrected chi connectivity index (χ0v) is 15.5. The van der Waals surface area contributed by atoms with E-state index in [4.69, 9.17) is 8.92 Å². The normalized spacial score (nSPS) is 16.7. The first kappa shape index (κ1) is 18.4. The molecule has 0 spiro atoms. The zero-order valence-electron chi connectivity index (χ0n) is 14.7. The van der Waals surface area contributed by atoms with Crippen LogP contribution in [0.15, 0.2) is 42.5 Å². The average molecular weight is 375 g/mol. The van der Waals surface area contributed by atoms with Crippen molar-refractivity contribution in [3.63, 3.8) is 0 Å². The van der Waals surface area contributed by atoms with Gasteiger partial charge < -0.3 is 8.92 Å². The van der Waals surface area contributed by atoms with E-state index in [2.05, 4.69) is 11.6 Å². The van der Waals surface area contributed by atoms with Gasteiger partial charge in [0.15, 0.2) is 5.78 Å². The summed E-state index contributed by atoms with van der Waals surface area (Å²) in [5.74, 6) is 0.389.